The van der Waals surface area contributed by atoms with Crippen LogP contribution >= 0.6 is 23.2 Å². The van der Waals surface area contributed by atoms with Crippen LogP contribution in [0.3, 0.4) is 0 Å². The van der Waals surface area contributed by atoms with Crippen molar-refractivity contribution in [1.29, 1.82) is 0 Å². The van der Waals surface area contributed by atoms with E-state index in [-0.39, 0.29) is 5.91 Å². The molecular weight excluding hydrogens is 361 g/mol. The van der Waals surface area contributed by atoms with Gasteiger partial charge < -0.3 is 5.32 Å². The number of hydrogen-bond acceptors (Lipinski definition) is 3. The van der Waals surface area contributed by atoms with Gasteiger partial charge >= 0.3 is 0 Å². The quantitative estimate of drug-likeness (QED) is 0.750. The maximum atomic E-state index is 12.5. The predicted octanol–water partition coefficient (Wildman–Crippen LogP) is 3.84. The number of amides is 1. The van der Waals surface area contributed by atoms with E-state index in [1.807, 2.05) is 42.8 Å². The topological polar surface area (TPSA) is 64.7 Å². The van der Waals surface area contributed by atoms with Gasteiger partial charge in [0.15, 0.2) is 0 Å². The minimum absolute atomic E-state index is 0.309. The van der Waals surface area contributed by atoms with Crippen molar-refractivity contribution < 1.29 is 4.79 Å². The van der Waals surface area contributed by atoms with E-state index in [1.165, 1.54) is 10.9 Å². The molecule has 0 unspecified atom stereocenters. The number of aromatic nitrogens is 4. The van der Waals surface area contributed by atoms with E-state index in [1.54, 1.807) is 7.05 Å². The molecule has 2 heterocycles. The molecule has 25 heavy (non-hydrogen) atoms. The van der Waals surface area contributed by atoms with Crippen molar-refractivity contribution in [2.24, 2.45) is 7.05 Å². The van der Waals surface area contributed by atoms with E-state index in [0.29, 0.717) is 28.0 Å². The highest BCUT2D eigenvalue weighted by Crippen LogP contribution is 2.23. The molecule has 0 bridgehead atoms. The third kappa shape index (κ3) is 3.55. The van der Waals surface area contributed by atoms with Gasteiger partial charge in [-0.1, -0.05) is 35.3 Å². The molecule has 2 aromatic heterocycles. The summed E-state index contributed by atoms with van der Waals surface area (Å²) in [6.07, 6.45) is 1.44. The Morgan fingerprint density at radius 1 is 1.20 bits per heavy atom. The molecule has 0 saturated heterocycles. The highest BCUT2D eigenvalue weighted by Gasteiger charge is 2.20. The standard InChI is InChI=1S/C17H17Cl2N5O/c1-10-15(21-17(25)16-14(19)8-20-23(16)3)11(2)24(22-10)9-12-4-6-13(18)7-5-12/h4-8H,9H2,1-3H3,(H,21,25). The first-order valence-corrected chi connectivity index (χ1v) is 8.39. The summed E-state index contributed by atoms with van der Waals surface area (Å²) < 4.78 is 3.29. The summed E-state index contributed by atoms with van der Waals surface area (Å²) in [7, 11) is 1.67. The van der Waals surface area contributed by atoms with E-state index in [9.17, 15) is 4.79 Å². The second-order valence-electron chi connectivity index (χ2n) is 5.75. The number of carbonyl (C=O) groups excluding carboxylic acids is 1. The highest BCUT2D eigenvalue weighted by molar-refractivity contribution is 6.34. The summed E-state index contributed by atoms with van der Waals surface area (Å²) in [5.74, 6) is -0.317. The predicted molar refractivity (Wildman–Crippen MR) is 98.4 cm³/mol. The lowest BCUT2D eigenvalue weighted by Crippen LogP contribution is -2.17. The summed E-state index contributed by atoms with van der Waals surface area (Å²) in [5, 5.41) is 12.4. The lowest BCUT2D eigenvalue weighted by atomic mass is 10.2. The SMILES string of the molecule is Cc1nn(Cc2ccc(Cl)cc2)c(C)c1NC(=O)c1c(Cl)cnn1C. The van der Waals surface area contributed by atoms with Crippen molar-refractivity contribution in [1.82, 2.24) is 19.6 Å². The fraction of sp³-hybridized carbons (Fsp3) is 0.235. The Morgan fingerprint density at radius 2 is 1.88 bits per heavy atom. The van der Waals surface area contributed by atoms with Gasteiger partial charge in [-0.15, -0.1) is 0 Å². The van der Waals surface area contributed by atoms with E-state index < -0.39 is 0 Å². The van der Waals surface area contributed by atoms with Crippen LogP contribution in [0.4, 0.5) is 5.69 Å². The molecule has 0 aliphatic rings. The van der Waals surface area contributed by atoms with Gasteiger partial charge in [-0.3, -0.25) is 14.2 Å². The molecule has 1 amide bonds. The number of benzene rings is 1. The molecule has 0 saturated carbocycles. The van der Waals surface area contributed by atoms with Crippen LogP contribution in [-0.2, 0) is 13.6 Å². The molecule has 3 aromatic rings. The third-order valence-electron chi connectivity index (χ3n) is 3.97. The lowest BCUT2D eigenvalue weighted by molar-refractivity contribution is 0.101. The van der Waals surface area contributed by atoms with Crippen LogP contribution in [0.5, 0.6) is 0 Å². The number of halogens is 2. The monoisotopic (exact) mass is 377 g/mol. The first kappa shape index (κ1) is 17.5. The Bertz CT molecular complexity index is 908. The van der Waals surface area contributed by atoms with E-state index in [2.05, 4.69) is 15.5 Å². The molecule has 8 heteroatoms. The van der Waals surface area contributed by atoms with Gasteiger partial charge in [-0.25, -0.2) is 0 Å². The van der Waals surface area contributed by atoms with Crippen LogP contribution in [0.15, 0.2) is 30.5 Å². The molecule has 0 spiro atoms. The number of aryl methyl sites for hydroxylation is 2. The largest absolute Gasteiger partial charge is 0.317 e. The Hall–Kier alpha value is -2.31. The van der Waals surface area contributed by atoms with Crippen LogP contribution in [0.25, 0.3) is 0 Å². The van der Waals surface area contributed by atoms with Crippen LogP contribution in [0, 0.1) is 13.8 Å². The normalized spacial score (nSPS) is 10.9. The molecule has 1 aromatic carbocycles. The third-order valence-corrected chi connectivity index (χ3v) is 4.50. The molecule has 6 nitrogen and oxygen atoms in total. The van der Waals surface area contributed by atoms with Crippen molar-refractivity contribution in [2.45, 2.75) is 20.4 Å². The molecule has 0 aliphatic heterocycles. The molecule has 3 rings (SSSR count). The van der Waals surface area contributed by atoms with Crippen LogP contribution in [-0.4, -0.2) is 25.5 Å². The zero-order valence-electron chi connectivity index (χ0n) is 14.0. The van der Waals surface area contributed by atoms with Gasteiger partial charge in [0.05, 0.1) is 34.8 Å². The van der Waals surface area contributed by atoms with Crippen molar-refractivity contribution in [3.8, 4) is 0 Å². The van der Waals surface area contributed by atoms with E-state index in [4.69, 9.17) is 23.2 Å². The molecular formula is C17H17Cl2N5O. The van der Waals surface area contributed by atoms with Crippen LogP contribution < -0.4 is 5.32 Å². The number of nitrogens with zero attached hydrogens (tertiary/aromatic N) is 4. The van der Waals surface area contributed by atoms with E-state index >= 15 is 0 Å². The second-order valence-corrected chi connectivity index (χ2v) is 6.59. The van der Waals surface area contributed by atoms with Gasteiger partial charge in [-0.05, 0) is 31.5 Å². The van der Waals surface area contributed by atoms with Gasteiger partial charge in [0.2, 0.25) is 0 Å². The Morgan fingerprint density at radius 3 is 2.48 bits per heavy atom. The fourth-order valence-electron chi connectivity index (χ4n) is 2.63. The van der Waals surface area contributed by atoms with Crippen molar-refractivity contribution in [2.75, 3.05) is 5.32 Å². The average Bonchev–Trinajstić information content (AvgIpc) is 3.03. The minimum Gasteiger partial charge on any atom is -0.317 e. The lowest BCUT2D eigenvalue weighted by Gasteiger charge is -2.08. The fourth-order valence-corrected chi connectivity index (χ4v) is 3.01. The zero-order valence-corrected chi connectivity index (χ0v) is 15.6. The number of carbonyl (C=O) groups is 1. The smallest absolute Gasteiger partial charge is 0.275 e. The van der Waals surface area contributed by atoms with E-state index in [0.717, 1.165) is 17.0 Å². The van der Waals surface area contributed by atoms with Gasteiger partial charge in [0, 0.05) is 12.1 Å². The molecule has 0 radical (unpaired) electrons. The van der Waals surface area contributed by atoms with Crippen LogP contribution in [0.1, 0.15) is 27.4 Å². The molecule has 0 aliphatic carbocycles. The summed E-state index contributed by atoms with van der Waals surface area (Å²) >= 11 is 12.0. The Labute approximate surface area is 155 Å². The maximum Gasteiger partial charge on any atom is 0.275 e. The summed E-state index contributed by atoms with van der Waals surface area (Å²) in [5.41, 5.74) is 3.65. The van der Waals surface area contributed by atoms with Crippen molar-refractivity contribution in [3.05, 3.63) is 63.2 Å². The van der Waals surface area contributed by atoms with Crippen molar-refractivity contribution >= 4 is 34.8 Å². The number of anilines is 1. The Kier molecular flexibility index (Phi) is 4.83. The first-order chi connectivity index (χ1) is 11.9. The molecule has 0 fully saturated rings. The van der Waals surface area contributed by atoms with Gasteiger partial charge in [-0.2, -0.15) is 10.2 Å². The molecule has 1 N–H and O–H groups in total. The number of hydrogen-bond donors (Lipinski definition) is 1. The summed E-state index contributed by atoms with van der Waals surface area (Å²) in [6.45, 7) is 4.36. The van der Waals surface area contributed by atoms with Gasteiger partial charge in [0.25, 0.3) is 5.91 Å². The number of nitrogens with one attached hydrogen (secondary N) is 1. The Balaban J connectivity index is 1.84. The van der Waals surface area contributed by atoms with Crippen molar-refractivity contribution in [3.63, 3.8) is 0 Å². The average molecular weight is 378 g/mol. The second kappa shape index (κ2) is 6.90. The molecule has 130 valence electrons. The minimum atomic E-state index is -0.317. The molecule has 0 atom stereocenters. The van der Waals surface area contributed by atoms with Gasteiger partial charge in [0.1, 0.15) is 5.69 Å². The first-order valence-electron chi connectivity index (χ1n) is 7.64. The summed E-state index contributed by atoms with van der Waals surface area (Å²) in [6, 6.07) is 7.59. The number of rotatable bonds is 4. The van der Waals surface area contributed by atoms with Crippen LogP contribution in [0.2, 0.25) is 10.0 Å². The highest BCUT2D eigenvalue weighted by atomic mass is 35.5. The zero-order chi connectivity index (χ0) is 18.1. The summed E-state index contributed by atoms with van der Waals surface area (Å²) in [4.78, 5) is 12.5. The maximum absolute atomic E-state index is 12.5.